The maximum Gasteiger partial charge on any atom is 0.150 e. The Morgan fingerprint density at radius 2 is 1.57 bits per heavy atom. The van der Waals surface area contributed by atoms with Gasteiger partial charge >= 0.3 is 0 Å². The zero-order valence-corrected chi connectivity index (χ0v) is 11.9. The minimum Gasteiger partial charge on any atom is -0.455 e. The van der Waals surface area contributed by atoms with E-state index in [0.29, 0.717) is 11.0 Å². The summed E-state index contributed by atoms with van der Waals surface area (Å²) in [6.07, 6.45) is 0. The van der Waals surface area contributed by atoms with Crippen molar-refractivity contribution in [3.05, 3.63) is 77.9 Å². The molecule has 0 atom stereocenters. The van der Waals surface area contributed by atoms with E-state index in [9.17, 15) is 0 Å². The van der Waals surface area contributed by atoms with Crippen LogP contribution < -0.4 is 10.1 Å². The molecule has 0 saturated carbocycles. The zero-order chi connectivity index (χ0) is 14.5. The Kier molecular flexibility index (Phi) is 4.03. The van der Waals surface area contributed by atoms with Crippen LogP contribution in [0.25, 0.3) is 0 Å². The third-order valence-electron chi connectivity index (χ3n) is 2.84. The standard InChI is InChI=1S/C17H13ClN2O/c18-16-11-6-12-17(20-16)19-14-9-4-5-10-15(14)21-13-7-2-1-3-8-13/h1-12H,(H,19,20). The molecule has 3 aromatic rings. The van der Waals surface area contributed by atoms with Crippen LogP contribution in [-0.2, 0) is 0 Å². The molecule has 3 nitrogen and oxygen atoms in total. The smallest absolute Gasteiger partial charge is 0.150 e. The first-order valence-corrected chi connectivity index (χ1v) is 6.90. The molecule has 0 radical (unpaired) electrons. The van der Waals surface area contributed by atoms with Crippen LogP contribution in [0.1, 0.15) is 0 Å². The molecule has 21 heavy (non-hydrogen) atoms. The zero-order valence-electron chi connectivity index (χ0n) is 11.2. The Labute approximate surface area is 128 Å². The van der Waals surface area contributed by atoms with Crippen molar-refractivity contribution in [1.29, 1.82) is 0 Å². The molecule has 0 aliphatic carbocycles. The lowest BCUT2D eigenvalue weighted by Gasteiger charge is -2.12. The van der Waals surface area contributed by atoms with Crippen LogP contribution in [0.5, 0.6) is 11.5 Å². The normalized spacial score (nSPS) is 10.1. The lowest BCUT2D eigenvalue weighted by molar-refractivity contribution is 0.485. The van der Waals surface area contributed by atoms with Gasteiger partial charge in [-0.05, 0) is 36.4 Å². The molecular weight excluding hydrogens is 284 g/mol. The molecule has 0 saturated heterocycles. The fraction of sp³-hybridized carbons (Fsp3) is 0. The van der Waals surface area contributed by atoms with Crippen molar-refractivity contribution in [2.75, 3.05) is 5.32 Å². The molecule has 0 spiro atoms. The summed E-state index contributed by atoms with van der Waals surface area (Å²) in [4.78, 5) is 4.22. The fourth-order valence-corrected chi connectivity index (χ4v) is 2.05. The van der Waals surface area contributed by atoms with Crippen LogP contribution in [0.3, 0.4) is 0 Å². The van der Waals surface area contributed by atoms with E-state index in [1.807, 2.05) is 66.7 Å². The van der Waals surface area contributed by atoms with Crippen molar-refractivity contribution in [2.45, 2.75) is 0 Å². The first kappa shape index (κ1) is 13.5. The third kappa shape index (κ3) is 3.52. The van der Waals surface area contributed by atoms with E-state index in [2.05, 4.69) is 10.3 Å². The third-order valence-corrected chi connectivity index (χ3v) is 3.05. The molecule has 0 aliphatic heterocycles. The highest BCUT2D eigenvalue weighted by atomic mass is 35.5. The highest BCUT2D eigenvalue weighted by Crippen LogP contribution is 2.31. The number of pyridine rings is 1. The molecule has 2 aromatic carbocycles. The molecule has 104 valence electrons. The summed E-state index contributed by atoms with van der Waals surface area (Å²) in [5.74, 6) is 2.18. The summed E-state index contributed by atoms with van der Waals surface area (Å²) < 4.78 is 5.89. The first-order valence-electron chi connectivity index (χ1n) is 6.53. The highest BCUT2D eigenvalue weighted by molar-refractivity contribution is 6.29. The highest BCUT2D eigenvalue weighted by Gasteiger charge is 2.05. The lowest BCUT2D eigenvalue weighted by Crippen LogP contribution is -1.96. The van der Waals surface area contributed by atoms with Gasteiger partial charge in [0.15, 0.2) is 5.75 Å². The van der Waals surface area contributed by atoms with Crippen LogP contribution in [0.4, 0.5) is 11.5 Å². The SMILES string of the molecule is Clc1cccc(Nc2ccccc2Oc2ccccc2)n1. The molecule has 0 fully saturated rings. The van der Waals surface area contributed by atoms with Crippen LogP contribution in [-0.4, -0.2) is 4.98 Å². The van der Waals surface area contributed by atoms with Gasteiger partial charge in [0.2, 0.25) is 0 Å². The van der Waals surface area contributed by atoms with Crippen molar-refractivity contribution in [3.8, 4) is 11.5 Å². The number of nitrogens with zero attached hydrogens (tertiary/aromatic N) is 1. The molecule has 1 aromatic heterocycles. The van der Waals surface area contributed by atoms with Gasteiger partial charge < -0.3 is 10.1 Å². The average Bonchev–Trinajstić information content (AvgIpc) is 2.50. The van der Waals surface area contributed by atoms with E-state index in [4.69, 9.17) is 16.3 Å². The molecule has 0 unspecified atom stereocenters. The van der Waals surface area contributed by atoms with Crippen molar-refractivity contribution in [3.63, 3.8) is 0 Å². The summed E-state index contributed by atoms with van der Waals surface area (Å²) in [5.41, 5.74) is 0.830. The molecule has 3 rings (SSSR count). The van der Waals surface area contributed by atoms with Gasteiger partial charge in [-0.1, -0.05) is 48.0 Å². The monoisotopic (exact) mass is 296 g/mol. The molecule has 0 bridgehead atoms. The number of halogens is 1. The molecule has 1 heterocycles. The van der Waals surface area contributed by atoms with E-state index in [0.717, 1.165) is 17.2 Å². The van der Waals surface area contributed by atoms with E-state index >= 15 is 0 Å². The number of benzene rings is 2. The van der Waals surface area contributed by atoms with Gasteiger partial charge in [0.25, 0.3) is 0 Å². The summed E-state index contributed by atoms with van der Waals surface area (Å²) in [7, 11) is 0. The fourth-order valence-electron chi connectivity index (χ4n) is 1.89. The molecule has 1 N–H and O–H groups in total. The van der Waals surface area contributed by atoms with Gasteiger partial charge in [0.1, 0.15) is 16.7 Å². The number of nitrogens with one attached hydrogen (secondary N) is 1. The maximum atomic E-state index is 5.90. The van der Waals surface area contributed by atoms with Crippen LogP contribution in [0.2, 0.25) is 5.15 Å². The van der Waals surface area contributed by atoms with Gasteiger partial charge in [0, 0.05) is 0 Å². The first-order chi connectivity index (χ1) is 10.3. The van der Waals surface area contributed by atoms with Crippen LogP contribution in [0, 0.1) is 0 Å². The number of rotatable bonds is 4. The number of hydrogen-bond donors (Lipinski definition) is 1. The Morgan fingerprint density at radius 1 is 0.810 bits per heavy atom. The van der Waals surface area contributed by atoms with Crippen molar-refractivity contribution in [1.82, 2.24) is 4.98 Å². The van der Waals surface area contributed by atoms with Gasteiger partial charge in [-0.25, -0.2) is 4.98 Å². The summed E-state index contributed by atoms with van der Waals surface area (Å²) >= 11 is 5.90. The molecule has 4 heteroatoms. The van der Waals surface area contributed by atoms with Gasteiger partial charge in [-0.2, -0.15) is 0 Å². The quantitative estimate of drug-likeness (QED) is 0.666. The second kappa shape index (κ2) is 6.29. The molecule has 0 amide bonds. The molecule has 0 aliphatic rings. The topological polar surface area (TPSA) is 34.1 Å². The van der Waals surface area contributed by atoms with Crippen molar-refractivity contribution < 1.29 is 4.74 Å². The van der Waals surface area contributed by atoms with E-state index < -0.39 is 0 Å². The number of hydrogen-bond acceptors (Lipinski definition) is 3. The second-order valence-corrected chi connectivity index (χ2v) is 4.77. The second-order valence-electron chi connectivity index (χ2n) is 4.38. The Morgan fingerprint density at radius 3 is 2.38 bits per heavy atom. The van der Waals surface area contributed by atoms with E-state index in [1.165, 1.54) is 0 Å². The Balaban J connectivity index is 1.86. The summed E-state index contributed by atoms with van der Waals surface area (Å²) in [6, 6.07) is 22.8. The van der Waals surface area contributed by atoms with Gasteiger partial charge in [0.05, 0.1) is 5.69 Å². The largest absolute Gasteiger partial charge is 0.455 e. The van der Waals surface area contributed by atoms with E-state index in [-0.39, 0.29) is 0 Å². The minimum absolute atomic E-state index is 0.446. The summed E-state index contributed by atoms with van der Waals surface area (Å²) in [5, 5.41) is 3.66. The number of aromatic nitrogens is 1. The molecular formula is C17H13ClN2O. The Hall–Kier alpha value is -2.52. The number of ether oxygens (including phenoxy) is 1. The average molecular weight is 297 g/mol. The predicted molar refractivity (Wildman–Crippen MR) is 85.5 cm³/mol. The Bertz CT molecular complexity index is 732. The van der Waals surface area contributed by atoms with Crippen molar-refractivity contribution in [2.24, 2.45) is 0 Å². The maximum absolute atomic E-state index is 5.90. The predicted octanol–water partition coefficient (Wildman–Crippen LogP) is 5.27. The van der Waals surface area contributed by atoms with Gasteiger partial charge in [-0.15, -0.1) is 0 Å². The summed E-state index contributed by atoms with van der Waals surface area (Å²) in [6.45, 7) is 0. The van der Waals surface area contributed by atoms with Crippen molar-refractivity contribution >= 4 is 23.1 Å². The van der Waals surface area contributed by atoms with Crippen LogP contribution >= 0.6 is 11.6 Å². The minimum atomic E-state index is 0.446. The van der Waals surface area contributed by atoms with E-state index in [1.54, 1.807) is 6.07 Å². The van der Waals surface area contributed by atoms with Crippen LogP contribution in [0.15, 0.2) is 72.8 Å². The lowest BCUT2D eigenvalue weighted by atomic mass is 10.3. The number of anilines is 2. The number of para-hydroxylation sites is 3. The van der Waals surface area contributed by atoms with Gasteiger partial charge in [-0.3, -0.25) is 0 Å².